The molecule has 1 fully saturated rings. The van der Waals surface area contributed by atoms with Gasteiger partial charge in [0, 0.05) is 12.2 Å². The quantitative estimate of drug-likeness (QED) is 0.251. The van der Waals surface area contributed by atoms with Gasteiger partial charge in [-0.05, 0) is 116 Å². The van der Waals surface area contributed by atoms with Crippen LogP contribution in [0.25, 0.3) is 22.3 Å². The first-order valence-corrected chi connectivity index (χ1v) is 13.3. The van der Waals surface area contributed by atoms with Gasteiger partial charge in [0.1, 0.15) is 12.4 Å². The molecule has 0 spiro atoms. The highest BCUT2D eigenvalue weighted by Crippen LogP contribution is 2.39. The van der Waals surface area contributed by atoms with E-state index in [1.54, 1.807) is 19.1 Å². The highest BCUT2D eigenvalue weighted by atomic mass is 19.1. The number of allylic oxidation sites excluding steroid dienone is 1. The van der Waals surface area contributed by atoms with Crippen molar-refractivity contribution in [1.29, 1.82) is 0 Å². The molecule has 0 aliphatic heterocycles. The monoisotopic (exact) mass is 500 g/mol. The second-order valence-electron chi connectivity index (χ2n) is 10.2. The van der Waals surface area contributed by atoms with Gasteiger partial charge in [-0.1, -0.05) is 54.6 Å². The highest BCUT2D eigenvalue weighted by molar-refractivity contribution is 5.87. The predicted octanol–water partition coefficient (Wildman–Crippen LogP) is 8.13. The normalized spacial score (nSPS) is 18.0. The van der Waals surface area contributed by atoms with Crippen LogP contribution in [-0.2, 0) is 16.1 Å². The number of benzene rings is 3. The topological polar surface area (TPSA) is 46.5 Å². The Balaban J connectivity index is 1.45. The minimum absolute atomic E-state index is 0.127. The van der Waals surface area contributed by atoms with E-state index in [1.165, 1.54) is 0 Å². The Kier molecular flexibility index (Phi) is 8.94. The Labute approximate surface area is 220 Å². The van der Waals surface area contributed by atoms with Crippen LogP contribution >= 0.6 is 0 Å². The fraction of sp³-hybridized carbons (Fsp3) is 0.364. The Bertz CT molecular complexity index is 1250. The molecule has 3 aromatic carbocycles. The van der Waals surface area contributed by atoms with Crippen LogP contribution in [-0.4, -0.2) is 17.7 Å². The molecule has 4 rings (SSSR count). The van der Waals surface area contributed by atoms with Crippen molar-refractivity contribution in [2.75, 3.05) is 6.61 Å². The molecular weight excluding hydrogens is 463 g/mol. The molecule has 3 aromatic rings. The summed E-state index contributed by atoms with van der Waals surface area (Å²) < 4.78 is 20.6. The largest absolute Gasteiger partial charge is 0.457 e. The van der Waals surface area contributed by atoms with Crippen LogP contribution in [0.2, 0.25) is 0 Å². The Morgan fingerprint density at radius 1 is 0.946 bits per heavy atom. The van der Waals surface area contributed by atoms with Gasteiger partial charge in [0.25, 0.3) is 0 Å². The Morgan fingerprint density at radius 2 is 1.54 bits per heavy atom. The number of ether oxygens (including phenoxy) is 1. The average Bonchev–Trinajstić information content (AvgIpc) is 2.92. The van der Waals surface area contributed by atoms with E-state index in [4.69, 9.17) is 4.74 Å². The van der Waals surface area contributed by atoms with Crippen molar-refractivity contribution in [3.63, 3.8) is 0 Å². The number of esters is 1. The summed E-state index contributed by atoms with van der Waals surface area (Å²) in [5.41, 5.74) is 7.41. The summed E-state index contributed by atoms with van der Waals surface area (Å²) in [5, 5.41) is 9.18. The van der Waals surface area contributed by atoms with Crippen molar-refractivity contribution in [2.24, 2.45) is 5.92 Å². The fourth-order valence-electron chi connectivity index (χ4n) is 5.22. The number of aliphatic hydroxyl groups is 1. The number of aryl methyl sites for hydroxylation is 1. The fourth-order valence-corrected chi connectivity index (χ4v) is 5.22. The number of hydrogen-bond donors (Lipinski definition) is 1. The summed E-state index contributed by atoms with van der Waals surface area (Å²) in [6.07, 6.45) is 6.71. The highest BCUT2D eigenvalue weighted by Gasteiger charge is 2.24. The van der Waals surface area contributed by atoms with E-state index < -0.39 is 0 Å². The lowest BCUT2D eigenvalue weighted by atomic mass is 9.77. The van der Waals surface area contributed by atoms with Gasteiger partial charge in [0.15, 0.2) is 0 Å². The van der Waals surface area contributed by atoms with Gasteiger partial charge >= 0.3 is 5.97 Å². The molecule has 0 bridgehead atoms. The third-order valence-electron chi connectivity index (χ3n) is 7.84. The van der Waals surface area contributed by atoms with Crippen molar-refractivity contribution in [2.45, 2.75) is 65.4 Å². The summed E-state index contributed by atoms with van der Waals surface area (Å²) >= 11 is 0. The van der Waals surface area contributed by atoms with E-state index in [0.29, 0.717) is 11.5 Å². The van der Waals surface area contributed by atoms with Crippen LogP contribution in [0, 0.1) is 18.7 Å². The zero-order valence-corrected chi connectivity index (χ0v) is 22.1. The van der Waals surface area contributed by atoms with Gasteiger partial charge in [-0.25, -0.2) is 9.18 Å². The third-order valence-corrected chi connectivity index (χ3v) is 7.84. The van der Waals surface area contributed by atoms with E-state index >= 15 is 4.39 Å². The number of carbonyl (C=O) groups is 1. The summed E-state index contributed by atoms with van der Waals surface area (Å²) in [6, 6.07) is 20.0. The average molecular weight is 501 g/mol. The van der Waals surface area contributed by atoms with Gasteiger partial charge in [-0.2, -0.15) is 0 Å². The lowest BCUT2D eigenvalue weighted by Gasteiger charge is -2.28. The standard InChI is InChI=1S/C33H37FO3/c1-4-22(2)33(36)37-21-30-19-28(8-5-23(30)3)25-11-13-26(14-12-25)29-15-16-31(32(34)20-29)27-9-6-24(7-10-27)17-18-35/h4-5,8,11-16,19-20,24,27,35H,6-7,9-10,17-18,21H2,1-3H3/b22-4+. The van der Waals surface area contributed by atoms with Crippen molar-refractivity contribution < 1.29 is 19.0 Å². The van der Waals surface area contributed by atoms with Crippen molar-refractivity contribution in [3.05, 3.63) is 94.8 Å². The second kappa shape index (κ2) is 12.3. The molecule has 37 heavy (non-hydrogen) atoms. The number of rotatable bonds is 8. The SMILES string of the molecule is C/C=C(\C)C(=O)OCc1cc(-c2ccc(-c3ccc(C4CCC(CCO)CC4)c(F)c3)cc2)ccc1C. The van der Waals surface area contributed by atoms with Crippen molar-refractivity contribution in [1.82, 2.24) is 0 Å². The van der Waals surface area contributed by atoms with E-state index in [0.717, 1.165) is 71.0 Å². The zero-order chi connectivity index (χ0) is 26.4. The molecule has 4 heteroatoms. The predicted molar refractivity (Wildman–Crippen MR) is 148 cm³/mol. The maximum Gasteiger partial charge on any atom is 0.333 e. The van der Waals surface area contributed by atoms with E-state index in [2.05, 4.69) is 12.1 Å². The maximum absolute atomic E-state index is 15.1. The molecule has 1 saturated carbocycles. The molecule has 1 aliphatic carbocycles. The molecule has 1 N–H and O–H groups in total. The van der Waals surface area contributed by atoms with Crippen LogP contribution in [0.4, 0.5) is 4.39 Å². The molecular formula is C33H37FO3. The van der Waals surface area contributed by atoms with Gasteiger partial charge in [0.05, 0.1) is 0 Å². The van der Waals surface area contributed by atoms with Gasteiger partial charge in [0.2, 0.25) is 0 Å². The number of carbonyl (C=O) groups excluding carboxylic acids is 1. The second-order valence-corrected chi connectivity index (χ2v) is 10.2. The maximum atomic E-state index is 15.1. The molecule has 0 radical (unpaired) electrons. The first-order chi connectivity index (χ1) is 17.9. The first-order valence-electron chi connectivity index (χ1n) is 13.3. The Hall–Kier alpha value is -3.24. The number of hydrogen-bond acceptors (Lipinski definition) is 3. The lowest BCUT2D eigenvalue weighted by molar-refractivity contribution is -0.140. The van der Waals surface area contributed by atoms with Crippen LogP contribution in [0.15, 0.2) is 72.3 Å². The first kappa shape index (κ1) is 26.8. The molecule has 3 nitrogen and oxygen atoms in total. The number of halogens is 1. The van der Waals surface area contributed by atoms with Crippen molar-refractivity contribution >= 4 is 5.97 Å². The third kappa shape index (κ3) is 6.56. The van der Waals surface area contributed by atoms with Crippen molar-refractivity contribution in [3.8, 4) is 22.3 Å². The molecule has 0 aromatic heterocycles. The smallest absolute Gasteiger partial charge is 0.333 e. The molecule has 0 amide bonds. The molecule has 0 heterocycles. The van der Waals surface area contributed by atoms with Crippen LogP contribution < -0.4 is 0 Å². The van der Waals surface area contributed by atoms with E-state index in [9.17, 15) is 9.90 Å². The summed E-state index contributed by atoms with van der Waals surface area (Å²) in [4.78, 5) is 12.0. The van der Waals surface area contributed by atoms with Crippen LogP contribution in [0.1, 0.15) is 68.6 Å². The molecule has 0 atom stereocenters. The minimum atomic E-state index is -0.302. The van der Waals surface area contributed by atoms with E-state index in [1.807, 2.05) is 56.3 Å². The zero-order valence-electron chi connectivity index (χ0n) is 22.1. The molecule has 1 aliphatic rings. The van der Waals surface area contributed by atoms with Gasteiger partial charge in [-0.3, -0.25) is 0 Å². The number of aliphatic hydroxyl groups excluding tert-OH is 1. The van der Waals surface area contributed by atoms with E-state index in [-0.39, 0.29) is 30.9 Å². The molecule has 0 unspecified atom stereocenters. The minimum Gasteiger partial charge on any atom is -0.457 e. The van der Waals surface area contributed by atoms with Gasteiger partial charge < -0.3 is 9.84 Å². The van der Waals surface area contributed by atoms with Crippen LogP contribution in [0.3, 0.4) is 0 Å². The van der Waals surface area contributed by atoms with Crippen LogP contribution in [0.5, 0.6) is 0 Å². The lowest BCUT2D eigenvalue weighted by Crippen LogP contribution is -2.15. The Morgan fingerprint density at radius 3 is 2.14 bits per heavy atom. The summed E-state index contributed by atoms with van der Waals surface area (Å²) in [6.45, 7) is 6.06. The molecule has 0 saturated heterocycles. The molecule has 194 valence electrons. The summed E-state index contributed by atoms with van der Waals surface area (Å²) in [5.74, 6) is 0.412. The summed E-state index contributed by atoms with van der Waals surface area (Å²) in [7, 11) is 0. The van der Waals surface area contributed by atoms with Gasteiger partial charge in [-0.15, -0.1) is 0 Å².